The zero-order valence-corrected chi connectivity index (χ0v) is 21.8. The van der Waals surface area contributed by atoms with Crippen molar-refractivity contribution in [2.24, 2.45) is 23.2 Å². The summed E-state index contributed by atoms with van der Waals surface area (Å²) in [5.41, 5.74) is 0.469. The summed E-state index contributed by atoms with van der Waals surface area (Å²) in [7, 11) is 6.37. The molecule has 0 aromatic heterocycles. The maximum atomic E-state index is 13.7. The Bertz CT molecular complexity index is 646. The molecule has 3 rings (SSSR count). The van der Waals surface area contributed by atoms with Crippen LogP contribution in [-0.2, 0) is 9.59 Å². The fourth-order valence-electron chi connectivity index (χ4n) is 6.39. The molecule has 6 heteroatoms. The van der Waals surface area contributed by atoms with Crippen molar-refractivity contribution in [2.45, 2.75) is 78.3 Å². The molecule has 2 atom stereocenters. The lowest BCUT2D eigenvalue weighted by Crippen LogP contribution is -2.62. The average molecular weight is 449 g/mol. The second-order valence-electron chi connectivity index (χ2n) is 12.2. The van der Waals surface area contributed by atoms with E-state index in [2.05, 4.69) is 56.5 Å². The molecular weight excluding hydrogens is 400 g/mol. The third-order valence-electron chi connectivity index (χ3n) is 8.05. The maximum Gasteiger partial charge on any atom is 0.245 e. The Balaban J connectivity index is 1.64. The molecule has 0 aromatic carbocycles. The molecule has 3 aliphatic rings. The monoisotopic (exact) mass is 448 g/mol. The molecule has 2 heterocycles. The smallest absolute Gasteiger partial charge is 0.245 e. The number of carbonyl (C=O) groups excluding carboxylic acids is 2. The van der Waals surface area contributed by atoms with Crippen LogP contribution in [0, 0.1) is 23.2 Å². The summed E-state index contributed by atoms with van der Waals surface area (Å²) in [5.74, 6) is 2.02. The Morgan fingerprint density at radius 1 is 1.03 bits per heavy atom. The molecule has 32 heavy (non-hydrogen) atoms. The van der Waals surface area contributed by atoms with Crippen LogP contribution in [0.15, 0.2) is 0 Å². The van der Waals surface area contributed by atoms with E-state index < -0.39 is 0 Å². The highest BCUT2D eigenvalue weighted by Crippen LogP contribution is 2.52. The first-order valence-electron chi connectivity index (χ1n) is 13.0. The van der Waals surface area contributed by atoms with Gasteiger partial charge < -0.3 is 14.7 Å². The number of rotatable bonds is 8. The number of carbonyl (C=O) groups is 2. The van der Waals surface area contributed by atoms with E-state index in [-0.39, 0.29) is 23.9 Å². The Kier molecular flexibility index (Phi) is 8.30. The highest BCUT2D eigenvalue weighted by atomic mass is 16.2. The quantitative estimate of drug-likeness (QED) is 0.572. The van der Waals surface area contributed by atoms with Gasteiger partial charge in [0, 0.05) is 32.7 Å². The van der Waals surface area contributed by atoms with Gasteiger partial charge in [-0.2, -0.15) is 0 Å². The van der Waals surface area contributed by atoms with Gasteiger partial charge in [0.1, 0.15) is 6.04 Å². The van der Waals surface area contributed by atoms with E-state index in [1.54, 1.807) is 0 Å². The van der Waals surface area contributed by atoms with Crippen molar-refractivity contribution < 1.29 is 9.59 Å². The first kappa shape index (κ1) is 25.5. The highest BCUT2D eigenvalue weighted by Gasteiger charge is 2.47. The van der Waals surface area contributed by atoms with Gasteiger partial charge in [0.2, 0.25) is 11.8 Å². The van der Waals surface area contributed by atoms with Crippen LogP contribution in [0.5, 0.6) is 0 Å². The molecule has 0 N–H and O–H groups in total. The van der Waals surface area contributed by atoms with Gasteiger partial charge in [-0.25, -0.2) is 0 Å². The van der Waals surface area contributed by atoms with Crippen LogP contribution in [-0.4, -0.2) is 97.4 Å². The number of likely N-dealkylation sites (N-methyl/N-ethyl adjacent to an activating group) is 1. The molecule has 0 radical (unpaired) electrons. The number of likely N-dealkylation sites (tertiary alicyclic amines) is 1. The summed E-state index contributed by atoms with van der Waals surface area (Å²) in [5, 5.41) is 0. The molecule has 2 aliphatic heterocycles. The molecule has 0 bridgehead atoms. The zero-order chi connectivity index (χ0) is 23.6. The second kappa shape index (κ2) is 10.4. The Morgan fingerprint density at radius 3 is 2.19 bits per heavy atom. The average Bonchev–Trinajstić information content (AvgIpc) is 2.68. The van der Waals surface area contributed by atoms with E-state index >= 15 is 0 Å². The fourth-order valence-corrected chi connectivity index (χ4v) is 6.39. The van der Waals surface area contributed by atoms with Crippen LogP contribution in [0.2, 0.25) is 0 Å². The van der Waals surface area contributed by atoms with Crippen LogP contribution in [0.4, 0.5) is 0 Å². The van der Waals surface area contributed by atoms with Crippen LogP contribution in [0.3, 0.4) is 0 Å². The molecule has 3 fully saturated rings. The third kappa shape index (κ3) is 5.85. The largest absolute Gasteiger partial charge is 0.341 e. The molecule has 2 amide bonds. The predicted octanol–water partition coefficient (Wildman–Crippen LogP) is 3.17. The van der Waals surface area contributed by atoms with Gasteiger partial charge in [0.05, 0.1) is 6.04 Å². The van der Waals surface area contributed by atoms with E-state index in [0.29, 0.717) is 23.8 Å². The molecule has 1 saturated carbocycles. The summed E-state index contributed by atoms with van der Waals surface area (Å²) >= 11 is 0. The topological polar surface area (TPSA) is 47.1 Å². The van der Waals surface area contributed by atoms with Crippen LogP contribution in [0.1, 0.15) is 66.2 Å². The molecular formula is C26H48N4O2. The first-order chi connectivity index (χ1) is 15.0. The molecule has 184 valence electrons. The van der Waals surface area contributed by atoms with Crippen molar-refractivity contribution in [3.05, 3.63) is 0 Å². The lowest BCUT2D eigenvalue weighted by atomic mass is 9.57. The normalized spacial score (nSPS) is 25.8. The Hall–Kier alpha value is -1.14. The SMILES string of the molecule is CC(C)CC(C(=O)N1CCC2(CC1)CC(CN(C)C)C2)N1CCN(C)[C@@H](CC(C)C)C1=O. The van der Waals surface area contributed by atoms with E-state index in [9.17, 15) is 9.59 Å². The number of nitrogens with zero attached hydrogens (tertiary/aromatic N) is 4. The summed E-state index contributed by atoms with van der Waals surface area (Å²) in [6, 6.07) is -0.401. The minimum absolute atomic E-state index is 0.0977. The number of hydrogen-bond acceptors (Lipinski definition) is 4. The van der Waals surface area contributed by atoms with Crippen molar-refractivity contribution in [1.82, 2.24) is 19.6 Å². The predicted molar refractivity (Wildman–Crippen MR) is 130 cm³/mol. The Labute approximate surface area is 196 Å². The van der Waals surface area contributed by atoms with Crippen LogP contribution >= 0.6 is 0 Å². The van der Waals surface area contributed by atoms with Gasteiger partial charge in [-0.15, -0.1) is 0 Å². The van der Waals surface area contributed by atoms with Crippen molar-refractivity contribution in [1.29, 1.82) is 0 Å². The molecule has 1 aliphatic carbocycles. The molecule has 1 spiro atoms. The molecule has 6 nitrogen and oxygen atoms in total. The lowest BCUT2D eigenvalue weighted by molar-refractivity contribution is -0.155. The number of piperidine rings is 1. The molecule has 2 saturated heterocycles. The van der Waals surface area contributed by atoms with E-state index in [1.807, 2.05) is 11.9 Å². The first-order valence-corrected chi connectivity index (χ1v) is 13.0. The maximum absolute atomic E-state index is 13.7. The second-order valence-corrected chi connectivity index (χ2v) is 12.2. The lowest BCUT2D eigenvalue weighted by Gasteiger charge is -2.53. The summed E-state index contributed by atoms with van der Waals surface area (Å²) in [6.45, 7) is 13.1. The van der Waals surface area contributed by atoms with Gasteiger partial charge in [-0.1, -0.05) is 27.7 Å². The van der Waals surface area contributed by atoms with Crippen molar-refractivity contribution in [2.75, 3.05) is 53.9 Å². The van der Waals surface area contributed by atoms with E-state index in [4.69, 9.17) is 0 Å². The Morgan fingerprint density at radius 2 is 1.66 bits per heavy atom. The molecule has 0 aromatic rings. The van der Waals surface area contributed by atoms with Crippen molar-refractivity contribution in [3.63, 3.8) is 0 Å². The van der Waals surface area contributed by atoms with E-state index in [1.165, 1.54) is 19.4 Å². The minimum atomic E-state index is -0.303. The van der Waals surface area contributed by atoms with Gasteiger partial charge in [0.15, 0.2) is 0 Å². The van der Waals surface area contributed by atoms with Crippen LogP contribution < -0.4 is 0 Å². The number of hydrogen-bond donors (Lipinski definition) is 0. The number of amides is 2. The summed E-state index contributed by atoms with van der Waals surface area (Å²) in [6.07, 6.45) is 6.50. The summed E-state index contributed by atoms with van der Waals surface area (Å²) in [4.78, 5) is 35.7. The standard InChI is InChI=1S/C26H48N4O2/c1-19(2)14-22-25(32)30(13-12-28(22)7)23(15-20(3)4)24(31)29-10-8-26(9-11-29)16-21(17-26)18-27(5)6/h19-23H,8-18H2,1-7H3/t22-,23?/m0/s1. The third-order valence-corrected chi connectivity index (χ3v) is 8.05. The minimum Gasteiger partial charge on any atom is -0.341 e. The van der Waals surface area contributed by atoms with Gasteiger partial charge in [-0.05, 0) is 82.8 Å². The van der Waals surface area contributed by atoms with Gasteiger partial charge >= 0.3 is 0 Å². The summed E-state index contributed by atoms with van der Waals surface area (Å²) < 4.78 is 0. The molecule has 1 unspecified atom stereocenters. The van der Waals surface area contributed by atoms with Gasteiger partial charge in [0.25, 0.3) is 0 Å². The van der Waals surface area contributed by atoms with Crippen molar-refractivity contribution >= 4 is 11.8 Å². The fraction of sp³-hybridized carbons (Fsp3) is 0.923. The zero-order valence-electron chi connectivity index (χ0n) is 21.8. The van der Waals surface area contributed by atoms with Crippen LogP contribution in [0.25, 0.3) is 0 Å². The number of piperazine rings is 1. The van der Waals surface area contributed by atoms with E-state index in [0.717, 1.165) is 51.2 Å². The van der Waals surface area contributed by atoms with Crippen molar-refractivity contribution in [3.8, 4) is 0 Å². The highest BCUT2D eigenvalue weighted by molar-refractivity contribution is 5.90. The van der Waals surface area contributed by atoms with Gasteiger partial charge in [-0.3, -0.25) is 14.5 Å².